The third kappa shape index (κ3) is 4.70. The van der Waals surface area contributed by atoms with Gasteiger partial charge in [0.15, 0.2) is 0 Å². The van der Waals surface area contributed by atoms with Crippen molar-refractivity contribution in [1.82, 2.24) is 0 Å². The van der Waals surface area contributed by atoms with Gasteiger partial charge in [-0.05, 0) is 35.7 Å². The lowest BCUT2D eigenvalue weighted by Gasteiger charge is -2.13. The van der Waals surface area contributed by atoms with Crippen LogP contribution in [-0.2, 0) is 17.8 Å². The monoisotopic (exact) mass is 331 g/mol. The summed E-state index contributed by atoms with van der Waals surface area (Å²) in [6.07, 6.45) is 0.347. The molecule has 0 spiro atoms. The van der Waals surface area contributed by atoms with Gasteiger partial charge < -0.3 is 10.1 Å². The van der Waals surface area contributed by atoms with Crippen molar-refractivity contribution in [3.8, 4) is 5.75 Å². The van der Waals surface area contributed by atoms with Crippen molar-refractivity contribution in [2.24, 2.45) is 0 Å². The average molecular weight is 331 g/mol. The number of nitrogens with one attached hydrogen (secondary N) is 1. The Morgan fingerprint density at radius 1 is 0.880 bits per heavy atom. The normalized spacial score (nSPS) is 10.3. The molecular formula is C22H21NO2. The second kappa shape index (κ2) is 8.15. The number of carbonyl (C=O) groups is 1. The van der Waals surface area contributed by atoms with Gasteiger partial charge in [0.25, 0.3) is 0 Å². The Morgan fingerprint density at radius 3 is 2.36 bits per heavy atom. The summed E-state index contributed by atoms with van der Waals surface area (Å²) in [6.45, 7) is 2.48. The lowest BCUT2D eigenvalue weighted by Crippen LogP contribution is -2.15. The molecule has 1 amide bonds. The van der Waals surface area contributed by atoms with Gasteiger partial charge in [-0.2, -0.15) is 0 Å². The van der Waals surface area contributed by atoms with Crippen molar-refractivity contribution in [2.45, 2.75) is 20.0 Å². The fourth-order valence-corrected chi connectivity index (χ4v) is 2.61. The maximum atomic E-state index is 12.4. The molecule has 0 heterocycles. The van der Waals surface area contributed by atoms with Gasteiger partial charge >= 0.3 is 0 Å². The molecule has 3 rings (SSSR count). The molecule has 0 fully saturated rings. The first-order valence-corrected chi connectivity index (χ1v) is 8.32. The highest BCUT2D eigenvalue weighted by Crippen LogP contribution is 2.25. The molecule has 1 N–H and O–H groups in total. The Kier molecular flexibility index (Phi) is 5.47. The van der Waals surface area contributed by atoms with E-state index in [2.05, 4.69) is 5.32 Å². The molecule has 0 saturated carbocycles. The zero-order chi connectivity index (χ0) is 17.5. The topological polar surface area (TPSA) is 38.3 Å². The van der Waals surface area contributed by atoms with Crippen LogP contribution in [0, 0.1) is 6.92 Å². The highest BCUT2D eigenvalue weighted by molar-refractivity contribution is 5.93. The van der Waals surface area contributed by atoms with E-state index in [1.54, 1.807) is 0 Å². The molecular weight excluding hydrogens is 310 g/mol. The maximum absolute atomic E-state index is 12.4. The van der Waals surface area contributed by atoms with E-state index >= 15 is 0 Å². The van der Waals surface area contributed by atoms with Gasteiger partial charge in [-0.15, -0.1) is 0 Å². The molecule has 0 aliphatic carbocycles. The fraction of sp³-hybridized carbons (Fsp3) is 0.136. The number of amides is 1. The maximum Gasteiger partial charge on any atom is 0.228 e. The molecule has 0 aliphatic heterocycles. The fourth-order valence-electron chi connectivity index (χ4n) is 2.61. The molecule has 0 saturated heterocycles. The lowest BCUT2D eigenvalue weighted by atomic mass is 10.1. The third-order valence-electron chi connectivity index (χ3n) is 4.01. The number of benzene rings is 3. The van der Waals surface area contributed by atoms with E-state index in [4.69, 9.17) is 4.74 Å². The van der Waals surface area contributed by atoms with Gasteiger partial charge in [-0.3, -0.25) is 4.79 Å². The standard InChI is InChI=1S/C22H21NO2/c1-17-9-5-6-12-19(17)15-22(24)23-20-13-7-8-14-21(20)25-16-18-10-3-2-4-11-18/h2-14H,15-16H2,1H3,(H,23,24). The highest BCUT2D eigenvalue weighted by atomic mass is 16.5. The summed E-state index contributed by atoms with van der Waals surface area (Å²) in [6, 6.07) is 25.4. The first kappa shape index (κ1) is 16.8. The second-order valence-corrected chi connectivity index (χ2v) is 5.92. The first-order valence-electron chi connectivity index (χ1n) is 8.32. The van der Waals surface area contributed by atoms with Crippen molar-refractivity contribution in [2.75, 3.05) is 5.32 Å². The summed E-state index contributed by atoms with van der Waals surface area (Å²) in [5.74, 6) is 0.620. The lowest BCUT2D eigenvalue weighted by molar-refractivity contribution is -0.115. The quantitative estimate of drug-likeness (QED) is 0.707. The summed E-state index contributed by atoms with van der Waals surface area (Å²) in [4.78, 5) is 12.4. The Balaban J connectivity index is 1.66. The first-order chi connectivity index (χ1) is 12.2. The minimum absolute atomic E-state index is 0.0509. The molecule has 0 bridgehead atoms. The second-order valence-electron chi connectivity index (χ2n) is 5.92. The van der Waals surface area contributed by atoms with Crippen LogP contribution in [0.25, 0.3) is 0 Å². The van der Waals surface area contributed by atoms with Crippen LogP contribution >= 0.6 is 0 Å². The van der Waals surface area contributed by atoms with Crippen LogP contribution in [-0.4, -0.2) is 5.91 Å². The van der Waals surface area contributed by atoms with Crippen molar-refractivity contribution in [3.63, 3.8) is 0 Å². The number of para-hydroxylation sites is 2. The molecule has 0 unspecified atom stereocenters. The van der Waals surface area contributed by atoms with Crippen molar-refractivity contribution in [3.05, 3.63) is 95.6 Å². The predicted octanol–water partition coefficient (Wildman–Crippen LogP) is 4.76. The largest absolute Gasteiger partial charge is 0.487 e. The molecule has 3 heteroatoms. The summed E-state index contributed by atoms with van der Waals surface area (Å²) in [7, 11) is 0. The highest BCUT2D eigenvalue weighted by Gasteiger charge is 2.09. The van der Waals surface area contributed by atoms with E-state index in [0.717, 1.165) is 16.7 Å². The van der Waals surface area contributed by atoms with Gasteiger partial charge in [-0.1, -0.05) is 66.7 Å². The summed E-state index contributed by atoms with van der Waals surface area (Å²) in [5, 5.41) is 2.96. The number of carbonyl (C=O) groups excluding carboxylic acids is 1. The van der Waals surface area contributed by atoms with Crippen LogP contribution in [0.3, 0.4) is 0 Å². The average Bonchev–Trinajstić information content (AvgIpc) is 2.64. The van der Waals surface area contributed by atoms with E-state index in [0.29, 0.717) is 24.5 Å². The van der Waals surface area contributed by atoms with Crippen LogP contribution in [0.4, 0.5) is 5.69 Å². The molecule has 0 aromatic heterocycles. The van der Waals surface area contributed by atoms with Crippen LogP contribution in [0.5, 0.6) is 5.75 Å². The summed E-state index contributed by atoms with van der Waals surface area (Å²) in [5.41, 5.74) is 3.93. The number of hydrogen-bond acceptors (Lipinski definition) is 2. The molecule has 0 aliphatic rings. The Hall–Kier alpha value is -3.07. The van der Waals surface area contributed by atoms with E-state index in [9.17, 15) is 4.79 Å². The molecule has 3 aromatic carbocycles. The zero-order valence-electron chi connectivity index (χ0n) is 14.2. The van der Waals surface area contributed by atoms with Gasteiger partial charge in [0.2, 0.25) is 5.91 Å². The van der Waals surface area contributed by atoms with Gasteiger partial charge in [-0.25, -0.2) is 0 Å². The van der Waals surface area contributed by atoms with Gasteiger partial charge in [0, 0.05) is 0 Å². The molecule has 126 valence electrons. The SMILES string of the molecule is Cc1ccccc1CC(=O)Nc1ccccc1OCc1ccccc1. The Bertz CT molecular complexity index is 843. The van der Waals surface area contributed by atoms with Crippen LogP contribution in [0.1, 0.15) is 16.7 Å². The molecule has 3 aromatic rings. The molecule has 0 radical (unpaired) electrons. The smallest absolute Gasteiger partial charge is 0.228 e. The van der Waals surface area contributed by atoms with Crippen molar-refractivity contribution >= 4 is 11.6 Å². The van der Waals surface area contributed by atoms with Crippen LogP contribution < -0.4 is 10.1 Å². The molecule has 3 nitrogen and oxygen atoms in total. The minimum atomic E-state index is -0.0509. The van der Waals surface area contributed by atoms with E-state index < -0.39 is 0 Å². The van der Waals surface area contributed by atoms with Crippen molar-refractivity contribution < 1.29 is 9.53 Å². The molecule has 0 atom stereocenters. The number of hydrogen-bond donors (Lipinski definition) is 1. The number of aryl methyl sites for hydroxylation is 1. The Labute approximate surface area is 148 Å². The summed E-state index contributed by atoms with van der Waals surface area (Å²) < 4.78 is 5.88. The van der Waals surface area contributed by atoms with E-state index in [-0.39, 0.29) is 5.91 Å². The van der Waals surface area contributed by atoms with Crippen molar-refractivity contribution in [1.29, 1.82) is 0 Å². The van der Waals surface area contributed by atoms with Crippen LogP contribution in [0.2, 0.25) is 0 Å². The zero-order valence-corrected chi connectivity index (χ0v) is 14.2. The Morgan fingerprint density at radius 2 is 1.56 bits per heavy atom. The number of ether oxygens (including phenoxy) is 1. The van der Waals surface area contributed by atoms with Crippen LogP contribution in [0.15, 0.2) is 78.9 Å². The van der Waals surface area contributed by atoms with Gasteiger partial charge in [0.05, 0.1) is 12.1 Å². The number of rotatable bonds is 6. The minimum Gasteiger partial charge on any atom is -0.487 e. The van der Waals surface area contributed by atoms with E-state index in [1.165, 1.54) is 0 Å². The van der Waals surface area contributed by atoms with Gasteiger partial charge in [0.1, 0.15) is 12.4 Å². The third-order valence-corrected chi connectivity index (χ3v) is 4.01. The summed E-state index contributed by atoms with van der Waals surface area (Å²) >= 11 is 0. The number of anilines is 1. The predicted molar refractivity (Wildman–Crippen MR) is 101 cm³/mol. The molecule has 25 heavy (non-hydrogen) atoms. The van der Waals surface area contributed by atoms with E-state index in [1.807, 2.05) is 85.8 Å².